The van der Waals surface area contributed by atoms with E-state index in [1.807, 2.05) is 0 Å². The van der Waals surface area contributed by atoms with Crippen molar-refractivity contribution in [3.63, 3.8) is 0 Å². The zero-order valence-electron chi connectivity index (χ0n) is 26.5. The van der Waals surface area contributed by atoms with Gasteiger partial charge in [-0.05, 0) is 19.1 Å². The monoisotopic (exact) mass is 655 g/mol. The molecule has 48 heavy (non-hydrogen) atoms. The zero-order chi connectivity index (χ0) is 33.6. The van der Waals surface area contributed by atoms with Crippen LogP contribution in [0.3, 0.4) is 0 Å². The predicted octanol–water partition coefficient (Wildman–Crippen LogP) is 2.87. The van der Waals surface area contributed by atoms with Crippen LogP contribution >= 0.6 is 0 Å². The van der Waals surface area contributed by atoms with Gasteiger partial charge in [0.05, 0.1) is 24.1 Å². The van der Waals surface area contributed by atoms with E-state index in [2.05, 4.69) is 58.2 Å². The first kappa shape index (κ1) is 32.3. The van der Waals surface area contributed by atoms with Gasteiger partial charge in [-0.2, -0.15) is 5.10 Å². The van der Waals surface area contributed by atoms with Gasteiger partial charge in [-0.3, -0.25) is 14.7 Å². The number of likely N-dealkylation sites (tertiary alicyclic amines) is 2. The molecule has 0 spiro atoms. The molecule has 4 N–H and O–H groups in total. The number of ether oxygens (including phenoxy) is 2. The van der Waals surface area contributed by atoms with Gasteiger partial charge in [-0.1, -0.05) is 13.2 Å². The summed E-state index contributed by atoms with van der Waals surface area (Å²) in [6.45, 7) is 11.3. The topological polar surface area (TPSA) is 204 Å². The lowest BCUT2D eigenvalue weighted by Crippen LogP contribution is -2.41. The fraction of sp³-hybridized carbons (Fsp3) is 0.375. The third-order valence-corrected chi connectivity index (χ3v) is 8.30. The maximum atomic E-state index is 11.6. The van der Waals surface area contributed by atoms with Crippen molar-refractivity contribution in [1.29, 1.82) is 0 Å². The second kappa shape index (κ2) is 14.4. The molecule has 2 aliphatic heterocycles. The van der Waals surface area contributed by atoms with Crippen molar-refractivity contribution in [3.05, 3.63) is 62.0 Å². The van der Waals surface area contributed by atoms with E-state index in [9.17, 15) is 14.7 Å². The van der Waals surface area contributed by atoms with Crippen molar-refractivity contribution in [2.24, 2.45) is 0 Å². The molecule has 2 fully saturated rings. The van der Waals surface area contributed by atoms with E-state index < -0.39 is 6.10 Å². The van der Waals surface area contributed by atoms with Crippen molar-refractivity contribution < 1.29 is 24.2 Å². The number of hydrogen-bond donors (Lipinski definition) is 4. The van der Waals surface area contributed by atoms with E-state index >= 15 is 0 Å². The molecule has 0 bridgehead atoms. The Labute approximate surface area is 275 Å². The Kier molecular flexibility index (Phi) is 9.70. The Hall–Kier alpha value is -5.64. The van der Waals surface area contributed by atoms with Crippen LogP contribution in [0.1, 0.15) is 44.3 Å². The molecule has 1 atom stereocenters. The number of H-pyrrole nitrogens is 3. The highest BCUT2D eigenvalue weighted by Crippen LogP contribution is 2.26. The normalized spacial score (nSPS) is 16.3. The Morgan fingerprint density at radius 1 is 0.854 bits per heavy atom. The summed E-state index contributed by atoms with van der Waals surface area (Å²) < 4.78 is 11.9. The number of carbonyl (C=O) groups excluding carboxylic acids is 2. The van der Waals surface area contributed by atoms with Gasteiger partial charge in [0.1, 0.15) is 29.6 Å². The van der Waals surface area contributed by atoms with Crippen molar-refractivity contribution in [3.8, 4) is 23.1 Å². The highest BCUT2D eigenvalue weighted by molar-refractivity contribution is 5.88. The van der Waals surface area contributed by atoms with Crippen LogP contribution < -0.4 is 9.47 Å². The molecule has 250 valence electrons. The van der Waals surface area contributed by atoms with E-state index in [4.69, 9.17) is 9.47 Å². The van der Waals surface area contributed by atoms with Gasteiger partial charge in [-0.25, -0.2) is 24.9 Å². The van der Waals surface area contributed by atoms with Gasteiger partial charge in [-0.15, -0.1) is 0 Å². The van der Waals surface area contributed by atoms with Crippen LogP contribution in [0.15, 0.2) is 56.4 Å². The summed E-state index contributed by atoms with van der Waals surface area (Å²) in [5.41, 5.74) is 4.07. The molecule has 0 unspecified atom stereocenters. The van der Waals surface area contributed by atoms with Crippen LogP contribution in [0, 0.1) is 0 Å². The Morgan fingerprint density at radius 2 is 1.38 bits per heavy atom. The van der Waals surface area contributed by atoms with Crippen molar-refractivity contribution in [2.45, 2.75) is 50.9 Å². The number of nitrogens with zero attached hydrogens (tertiary/aromatic N) is 8. The van der Waals surface area contributed by atoms with Crippen molar-refractivity contribution >= 4 is 34.1 Å². The number of aliphatic hydroxyl groups is 1. The number of carbonyl (C=O) groups is 2. The van der Waals surface area contributed by atoms with Crippen LogP contribution in [0.4, 0.5) is 0 Å². The molecule has 0 saturated carbocycles. The smallest absolute Gasteiger partial charge is 0.245 e. The summed E-state index contributed by atoms with van der Waals surface area (Å²) in [4.78, 5) is 54.5. The summed E-state index contributed by atoms with van der Waals surface area (Å²) in [6.07, 6.45) is 13.2. The van der Waals surface area contributed by atoms with Gasteiger partial charge in [0, 0.05) is 69.8 Å². The molecule has 7 rings (SSSR count). The number of aromatic amines is 3. The van der Waals surface area contributed by atoms with Gasteiger partial charge in [0.15, 0.2) is 17.1 Å². The van der Waals surface area contributed by atoms with Crippen LogP contribution in [0.25, 0.3) is 33.7 Å². The van der Waals surface area contributed by atoms with Crippen molar-refractivity contribution in [2.75, 3.05) is 26.2 Å². The first-order valence-electron chi connectivity index (χ1n) is 15.7. The quantitative estimate of drug-likeness (QED) is 0.179. The van der Waals surface area contributed by atoms with Gasteiger partial charge in [0.2, 0.25) is 23.6 Å². The van der Waals surface area contributed by atoms with Gasteiger partial charge in [0.25, 0.3) is 0 Å². The minimum absolute atomic E-state index is 0.00422. The highest BCUT2D eigenvalue weighted by atomic mass is 16.5. The largest absolute Gasteiger partial charge is 0.473 e. The summed E-state index contributed by atoms with van der Waals surface area (Å²) in [7, 11) is 0. The molecule has 2 amide bonds. The number of piperidine rings is 2. The van der Waals surface area contributed by atoms with Gasteiger partial charge >= 0.3 is 0 Å². The van der Waals surface area contributed by atoms with Crippen molar-refractivity contribution in [1.82, 2.24) is 54.9 Å². The Morgan fingerprint density at radius 3 is 1.88 bits per heavy atom. The molecule has 0 radical (unpaired) electrons. The standard InChI is InChI=1S/C16H17N7O2.C16H20N4O3/c1-2-13(24)23-5-3-10(4-6-23)25-12-8-18-16-14(21-12)11(7-17-16)15-19-9-20-22-15;1-3-14(22)20-6-4-11(5-7-20)23-13-9-18-16-15(19-13)12(8-17-16)10(2)21/h2,7-10H,1,3-6H2,(H,17,18)(H,19,20,22);3,8-11,21H,1,4-7H2,2H3,(H,17,18)/t;10-/m.1/s1. The second-order valence-corrected chi connectivity index (χ2v) is 11.5. The highest BCUT2D eigenvalue weighted by Gasteiger charge is 2.25. The van der Waals surface area contributed by atoms with Crippen LogP contribution in [0.2, 0.25) is 0 Å². The molecular formula is C32H37N11O5. The van der Waals surface area contributed by atoms with E-state index in [0.29, 0.717) is 71.7 Å². The summed E-state index contributed by atoms with van der Waals surface area (Å²) in [5, 5.41) is 16.4. The molecule has 16 nitrogen and oxygen atoms in total. The Bertz CT molecular complexity index is 1880. The number of aliphatic hydroxyl groups excluding tert-OH is 1. The van der Waals surface area contributed by atoms with Crippen LogP contribution in [0.5, 0.6) is 11.8 Å². The zero-order valence-corrected chi connectivity index (χ0v) is 26.5. The van der Waals surface area contributed by atoms with E-state index in [1.165, 1.54) is 18.5 Å². The number of aromatic nitrogens is 9. The minimum atomic E-state index is -0.624. The summed E-state index contributed by atoms with van der Waals surface area (Å²) >= 11 is 0. The Balaban J connectivity index is 0.000000168. The SMILES string of the molecule is C=CC(=O)N1CCC(Oc2cnc3[nH]cc(-c4ncn[nH]4)c3n2)CC1.C=CC(=O)N1CCC(Oc2cnc3[nH]cc([C@@H](C)O)c3n2)CC1. The first-order chi connectivity index (χ1) is 23.3. The number of rotatable bonds is 8. The number of nitrogens with one attached hydrogen (secondary N) is 3. The lowest BCUT2D eigenvalue weighted by molar-refractivity contribution is -0.128. The molecule has 5 aromatic rings. The number of fused-ring (bicyclic) bond motifs is 2. The van der Waals surface area contributed by atoms with E-state index in [-0.39, 0.29) is 24.0 Å². The van der Waals surface area contributed by atoms with E-state index in [0.717, 1.165) is 31.2 Å². The molecule has 7 heterocycles. The van der Waals surface area contributed by atoms with E-state index in [1.54, 1.807) is 41.5 Å². The van der Waals surface area contributed by atoms with Gasteiger partial charge < -0.3 is 34.3 Å². The average molecular weight is 656 g/mol. The molecule has 5 aromatic heterocycles. The average Bonchev–Trinajstić information content (AvgIpc) is 3.88. The summed E-state index contributed by atoms with van der Waals surface area (Å²) in [5.74, 6) is 1.44. The fourth-order valence-electron chi connectivity index (χ4n) is 5.71. The summed E-state index contributed by atoms with van der Waals surface area (Å²) in [6, 6.07) is 0. The first-order valence-corrected chi connectivity index (χ1v) is 15.7. The third-order valence-electron chi connectivity index (χ3n) is 8.30. The molecule has 2 aliphatic rings. The molecule has 0 aliphatic carbocycles. The van der Waals surface area contributed by atoms with Crippen LogP contribution in [-0.2, 0) is 9.59 Å². The molecule has 16 heteroatoms. The number of hydrogen-bond acceptors (Lipinski definition) is 11. The minimum Gasteiger partial charge on any atom is -0.473 e. The fourth-order valence-corrected chi connectivity index (χ4v) is 5.71. The lowest BCUT2D eigenvalue weighted by atomic mass is 10.1. The lowest BCUT2D eigenvalue weighted by Gasteiger charge is -2.31. The predicted molar refractivity (Wildman–Crippen MR) is 175 cm³/mol. The third kappa shape index (κ3) is 7.17. The molecule has 2 saturated heterocycles. The van der Waals surface area contributed by atoms with Crippen LogP contribution in [-0.4, -0.2) is 110 Å². The second-order valence-electron chi connectivity index (χ2n) is 11.5. The molecular weight excluding hydrogens is 618 g/mol. The maximum absolute atomic E-state index is 11.6. The molecule has 0 aromatic carbocycles. The maximum Gasteiger partial charge on any atom is 0.245 e. The number of amides is 2.